The molecule has 2 aliphatic rings. The Morgan fingerprint density at radius 1 is 1.09 bits per heavy atom. The summed E-state index contributed by atoms with van der Waals surface area (Å²) in [4.78, 5) is 22.9. The molecule has 0 aliphatic carbocycles. The van der Waals surface area contributed by atoms with Crippen molar-refractivity contribution in [2.45, 2.75) is 6.04 Å². The van der Waals surface area contributed by atoms with Crippen LogP contribution in [-0.4, -0.2) is 35.2 Å². The first-order valence-electron chi connectivity index (χ1n) is 7.06. The third-order valence-corrected chi connectivity index (χ3v) is 3.85. The molecule has 1 unspecified atom stereocenters. The monoisotopic (exact) mass is 291 g/mol. The van der Waals surface area contributed by atoms with E-state index in [-0.39, 0.29) is 11.7 Å². The summed E-state index contributed by atoms with van der Waals surface area (Å²) < 4.78 is 0. The van der Waals surface area contributed by atoms with Crippen molar-refractivity contribution >= 4 is 28.9 Å². The molecule has 0 saturated carbocycles. The molecule has 5 heteroatoms. The molecule has 108 valence electrons. The molecule has 2 aromatic carbocycles. The van der Waals surface area contributed by atoms with Crippen LogP contribution in [0.3, 0.4) is 0 Å². The van der Waals surface area contributed by atoms with Crippen molar-refractivity contribution in [2.24, 2.45) is 9.98 Å². The molecular weight excluding hydrogens is 278 g/mol. The number of para-hydroxylation sites is 2. The molecule has 5 nitrogen and oxygen atoms in total. The first-order chi connectivity index (χ1) is 10.7. The van der Waals surface area contributed by atoms with Crippen LogP contribution in [-0.2, 0) is 0 Å². The number of rotatable bonds is 2. The van der Waals surface area contributed by atoms with Crippen LogP contribution < -0.4 is 4.90 Å². The van der Waals surface area contributed by atoms with Gasteiger partial charge in [-0.1, -0.05) is 42.5 Å². The van der Waals surface area contributed by atoms with Gasteiger partial charge in [-0.05, 0) is 12.1 Å². The number of hydrogen-bond acceptors (Lipinski definition) is 4. The van der Waals surface area contributed by atoms with Crippen LogP contribution in [0.5, 0.6) is 0 Å². The van der Waals surface area contributed by atoms with E-state index in [1.165, 1.54) is 0 Å². The molecule has 0 spiro atoms. The SMILES string of the molecule is O=C(c1ccccc1)C1CN2C(=N1)C(O)=Nc1ccccc12. The zero-order valence-corrected chi connectivity index (χ0v) is 11.7. The highest BCUT2D eigenvalue weighted by Gasteiger charge is 2.37. The second-order valence-electron chi connectivity index (χ2n) is 5.23. The van der Waals surface area contributed by atoms with E-state index in [0.29, 0.717) is 23.6 Å². The minimum Gasteiger partial charge on any atom is -0.491 e. The molecular formula is C17H13N3O2. The van der Waals surface area contributed by atoms with Gasteiger partial charge in [0.05, 0.1) is 17.9 Å². The number of hydrogen-bond donors (Lipinski definition) is 1. The summed E-state index contributed by atoms with van der Waals surface area (Å²) in [5.74, 6) is 0.183. The molecule has 1 atom stereocenters. The highest BCUT2D eigenvalue weighted by Crippen LogP contribution is 2.35. The summed E-state index contributed by atoms with van der Waals surface area (Å²) >= 11 is 0. The predicted molar refractivity (Wildman–Crippen MR) is 85.5 cm³/mol. The molecule has 0 radical (unpaired) electrons. The molecule has 22 heavy (non-hydrogen) atoms. The number of fused-ring (bicyclic) bond motifs is 3. The molecule has 0 fully saturated rings. The molecule has 0 saturated heterocycles. The maximum atomic E-state index is 12.6. The number of carbonyl (C=O) groups excluding carboxylic acids is 1. The third-order valence-electron chi connectivity index (χ3n) is 3.85. The Labute approximate surface area is 127 Å². The molecule has 4 rings (SSSR count). The number of ketones is 1. The second-order valence-corrected chi connectivity index (χ2v) is 5.23. The molecule has 2 aliphatic heterocycles. The lowest BCUT2D eigenvalue weighted by Gasteiger charge is -2.25. The van der Waals surface area contributed by atoms with Gasteiger partial charge in [0.2, 0.25) is 0 Å². The summed E-state index contributed by atoms with van der Waals surface area (Å²) in [6.45, 7) is 0.416. The van der Waals surface area contributed by atoms with Crippen molar-refractivity contribution in [3.63, 3.8) is 0 Å². The Morgan fingerprint density at radius 2 is 1.82 bits per heavy atom. The summed E-state index contributed by atoms with van der Waals surface area (Å²) in [5, 5.41) is 10.1. The topological polar surface area (TPSA) is 65.3 Å². The Kier molecular flexibility index (Phi) is 2.79. The van der Waals surface area contributed by atoms with E-state index < -0.39 is 6.04 Å². The minimum absolute atomic E-state index is 0.0484. The van der Waals surface area contributed by atoms with Crippen LogP contribution in [0.4, 0.5) is 11.4 Å². The van der Waals surface area contributed by atoms with E-state index in [0.717, 1.165) is 5.69 Å². The lowest BCUT2D eigenvalue weighted by Crippen LogP contribution is -2.37. The summed E-state index contributed by atoms with van der Waals surface area (Å²) in [6.07, 6.45) is 0. The minimum atomic E-state index is -0.527. The van der Waals surface area contributed by atoms with E-state index in [2.05, 4.69) is 9.98 Å². The number of anilines is 1. The van der Waals surface area contributed by atoms with Crippen molar-refractivity contribution in [1.29, 1.82) is 0 Å². The predicted octanol–water partition coefficient (Wildman–Crippen LogP) is 2.76. The fourth-order valence-electron chi connectivity index (χ4n) is 2.80. The number of benzene rings is 2. The molecule has 2 heterocycles. The number of carbonyl (C=O) groups is 1. The normalized spacial score (nSPS) is 19.1. The lowest BCUT2D eigenvalue weighted by atomic mass is 10.0. The van der Waals surface area contributed by atoms with Crippen molar-refractivity contribution in [2.75, 3.05) is 11.4 Å². The van der Waals surface area contributed by atoms with Crippen LogP contribution in [0.25, 0.3) is 0 Å². The molecule has 1 N–H and O–H groups in total. The van der Waals surface area contributed by atoms with Gasteiger partial charge in [-0.15, -0.1) is 0 Å². The molecule has 0 aromatic heterocycles. The van der Waals surface area contributed by atoms with Crippen molar-refractivity contribution in [1.82, 2.24) is 0 Å². The van der Waals surface area contributed by atoms with Crippen molar-refractivity contribution in [3.8, 4) is 0 Å². The highest BCUT2D eigenvalue weighted by atomic mass is 16.3. The smallest absolute Gasteiger partial charge is 0.255 e. The van der Waals surface area contributed by atoms with Gasteiger partial charge in [0.1, 0.15) is 6.04 Å². The van der Waals surface area contributed by atoms with Gasteiger partial charge in [-0.25, -0.2) is 9.98 Å². The van der Waals surface area contributed by atoms with Gasteiger partial charge >= 0.3 is 0 Å². The van der Waals surface area contributed by atoms with E-state index in [9.17, 15) is 9.90 Å². The second kappa shape index (κ2) is 4.80. The quantitative estimate of drug-likeness (QED) is 0.865. The van der Waals surface area contributed by atoms with Crippen LogP contribution in [0.2, 0.25) is 0 Å². The Bertz CT molecular complexity index is 812. The fraction of sp³-hybridized carbons (Fsp3) is 0.118. The van der Waals surface area contributed by atoms with Gasteiger partial charge in [0.25, 0.3) is 5.90 Å². The van der Waals surface area contributed by atoms with E-state index in [4.69, 9.17) is 0 Å². The molecule has 0 amide bonds. The van der Waals surface area contributed by atoms with Crippen molar-refractivity contribution < 1.29 is 9.90 Å². The highest BCUT2D eigenvalue weighted by molar-refractivity contribution is 6.45. The number of amidine groups is 1. The largest absolute Gasteiger partial charge is 0.491 e. The Morgan fingerprint density at radius 3 is 2.64 bits per heavy atom. The number of aliphatic imine (C=N–C) groups is 2. The van der Waals surface area contributed by atoms with Gasteiger partial charge in [-0.2, -0.15) is 0 Å². The van der Waals surface area contributed by atoms with Gasteiger partial charge < -0.3 is 10.0 Å². The zero-order valence-electron chi connectivity index (χ0n) is 11.7. The van der Waals surface area contributed by atoms with E-state index >= 15 is 0 Å². The van der Waals surface area contributed by atoms with E-state index in [1.54, 1.807) is 12.1 Å². The van der Waals surface area contributed by atoms with Crippen LogP contribution >= 0.6 is 0 Å². The number of aliphatic hydroxyl groups is 1. The first-order valence-corrected chi connectivity index (χ1v) is 7.06. The Hall–Kier alpha value is -2.95. The van der Waals surface area contributed by atoms with E-state index in [1.807, 2.05) is 47.4 Å². The number of Topliss-reactive ketones (excluding diaryl/α,β-unsaturated/α-hetero) is 1. The van der Waals surface area contributed by atoms with Crippen molar-refractivity contribution in [3.05, 3.63) is 60.2 Å². The average Bonchev–Trinajstić information content (AvgIpc) is 3.01. The standard InChI is InChI=1S/C17H13N3O2/c21-15(11-6-2-1-3-7-11)13-10-20-14-9-5-4-8-12(14)19-17(22)16(20)18-13/h1-9,13H,10H2,(H,19,22). The van der Waals surface area contributed by atoms with Crippen LogP contribution in [0.1, 0.15) is 10.4 Å². The Balaban J connectivity index is 1.70. The van der Waals surface area contributed by atoms with Gasteiger partial charge in [0.15, 0.2) is 11.6 Å². The van der Waals surface area contributed by atoms with Gasteiger partial charge in [0, 0.05) is 5.56 Å². The average molecular weight is 291 g/mol. The van der Waals surface area contributed by atoms with Gasteiger partial charge in [-0.3, -0.25) is 4.79 Å². The molecule has 0 bridgehead atoms. The zero-order chi connectivity index (χ0) is 15.1. The first kappa shape index (κ1) is 12.8. The van der Waals surface area contributed by atoms with Crippen LogP contribution in [0.15, 0.2) is 64.6 Å². The fourth-order valence-corrected chi connectivity index (χ4v) is 2.80. The molecule has 2 aromatic rings. The summed E-state index contributed by atoms with van der Waals surface area (Å²) in [5.41, 5.74) is 2.18. The summed E-state index contributed by atoms with van der Waals surface area (Å²) in [7, 11) is 0. The van der Waals surface area contributed by atoms with Crippen LogP contribution in [0, 0.1) is 0 Å². The number of aliphatic hydroxyl groups excluding tert-OH is 1. The third kappa shape index (κ3) is 1.90. The maximum Gasteiger partial charge on any atom is 0.255 e. The maximum absolute atomic E-state index is 12.6. The lowest BCUT2D eigenvalue weighted by molar-refractivity contribution is 0.0968. The summed E-state index contributed by atoms with van der Waals surface area (Å²) in [6, 6.07) is 16.1. The number of nitrogens with zero attached hydrogens (tertiary/aromatic N) is 3.